The molecule has 0 amide bonds. The maximum atomic E-state index is 10.4. The molecule has 1 saturated heterocycles. The fourth-order valence-electron chi connectivity index (χ4n) is 2.99. The van der Waals surface area contributed by atoms with E-state index in [1.54, 1.807) is 0 Å². The summed E-state index contributed by atoms with van der Waals surface area (Å²) < 4.78 is 0. The first kappa shape index (κ1) is 10.2. The molecule has 14 heavy (non-hydrogen) atoms. The highest BCUT2D eigenvalue weighted by atomic mass is 16.3. The predicted octanol–water partition coefficient (Wildman–Crippen LogP) is 1.80. The molecule has 0 aromatic rings. The number of hydrogen-bond donors (Lipinski definition) is 1. The van der Waals surface area contributed by atoms with E-state index in [2.05, 4.69) is 11.5 Å². The Balaban J connectivity index is 1.98. The Morgan fingerprint density at radius 3 is 3.07 bits per heavy atom. The van der Waals surface area contributed by atoms with E-state index >= 15 is 0 Å². The molecule has 2 atom stereocenters. The van der Waals surface area contributed by atoms with Crippen LogP contribution in [0.5, 0.6) is 0 Å². The molecule has 2 rings (SSSR count). The van der Waals surface area contributed by atoms with Gasteiger partial charge in [-0.1, -0.05) is 18.9 Å². The first-order valence-corrected chi connectivity index (χ1v) is 5.80. The minimum Gasteiger partial charge on any atom is -0.390 e. The smallest absolute Gasteiger partial charge is 0.0700 e. The largest absolute Gasteiger partial charge is 0.390 e. The minimum atomic E-state index is -0.323. The summed E-state index contributed by atoms with van der Waals surface area (Å²) >= 11 is 0. The van der Waals surface area contributed by atoms with Crippen molar-refractivity contribution in [2.45, 2.75) is 37.7 Å². The maximum absolute atomic E-state index is 10.4. The Hall–Kier alpha value is -0.340. The lowest BCUT2D eigenvalue weighted by Crippen LogP contribution is -2.53. The van der Waals surface area contributed by atoms with Gasteiger partial charge in [0, 0.05) is 25.6 Å². The molecule has 2 unspecified atom stereocenters. The second kappa shape index (κ2) is 4.03. The van der Waals surface area contributed by atoms with Crippen LogP contribution in [0.1, 0.15) is 32.1 Å². The average molecular weight is 195 g/mol. The van der Waals surface area contributed by atoms with E-state index in [1.165, 1.54) is 19.3 Å². The number of fused-ring (bicyclic) bond motifs is 1. The molecule has 80 valence electrons. The summed E-state index contributed by atoms with van der Waals surface area (Å²) in [5.74, 6) is 0.518. The number of aliphatic hydroxyl groups is 1. The van der Waals surface area contributed by atoms with Crippen molar-refractivity contribution in [2.24, 2.45) is 5.92 Å². The highest BCUT2D eigenvalue weighted by Gasteiger charge is 2.42. The van der Waals surface area contributed by atoms with Crippen LogP contribution in [0.25, 0.3) is 0 Å². The molecule has 2 nitrogen and oxygen atoms in total. The zero-order valence-electron chi connectivity index (χ0n) is 8.91. The molecule has 0 aromatic heterocycles. The minimum absolute atomic E-state index is 0.323. The van der Waals surface area contributed by atoms with Gasteiger partial charge in [-0.15, -0.1) is 6.58 Å². The van der Waals surface area contributed by atoms with E-state index in [9.17, 15) is 5.11 Å². The van der Waals surface area contributed by atoms with Crippen LogP contribution in [-0.4, -0.2) is 35.2 Å². The summed E-state index contributed by atoms with van der Waals surface area (Å²) in [5, 5.41) is 10.4. The van der Waals surface area contributed by atoms with E-state index in [-0.39, 0.29) is 5.60 Å². The van der Waals surface area contributed by atoms with Crippen LogP contribution in [0.3, 0.4) is 0 Å². The second-order valence-electron chi connectivity index (χ2n) is 4.84. The molecular formula is C12H21NO. The molecule has 0 bridgehead atoms. The van der Waals surface area contributed by atoms with Gasteiger partial charge in [0.15, 0.2) is 0 Å². The van der Waals surface area contributed by atoms with Crippen LogP contribution in [0.15, 0.2) is 12.7 Å². The van der Waals surface area contributed by atoms with E-state index in [4.69, 9.17) is 0 Å². The maximum Gasteiger partial charge on any atom is 0.0700 e. The van der Waals surface area contributed by atoms with Crippen LogP contribution in [0, 0.1) is 5.92 Å². The first-order valence-electron chi connectivity index (χ1n) is 5.80. The summed E-state index contributed by atoms with van der Waals surface area (Å²) in [6.45, 7) is 6.86. The van der Waals surface area contributed by atoms with Crippen molar-refractivity contribution in [2.75, 3.05) is 19.6 Å². The molecule has 1 saturated carbocycles. The Bertz CT molecular complexity index is 216. The van der Waals surface area contributed by atoms with Crippen molar-refractivity contribution < 1.29 is 5.11 Å². The van der Waals surface area contributed by atoms with Gasteiger partial charge >= 0.3 is 0 Å². The number of nitrogens with zero attached hydrogens (tertiary/aromatic N) is 1. The highest BCUT2D eigenvalue weighted by Crippen LogP contribution is 2.39. The van der Waals surface area contributed by atoms with Crippen LogP contribution in [-0.2, 0) is 0 Å². The molecule has 1 aliphatic heterocycles. The van der Waals surface area contributed by atoms with Gasteiger partial charge < -0.3 is 5.11 Å². The van der Waals surface area contributed by atoms with E-state index in [1.807, 2.05) is 6.08 Å². The molecule has 1 heterocycles. The fraction of sp³-hybridized carbons (Fsp3) is 0.833. The van der Waals surface area contributed by atoms with Crippen molar-refractivity contribution in [3.05, 3.63) is 12.7 Å². The lowest BCUT2D eigenvalue weighted by molar-refractivity contribution is -0.0933. The van der Waals surface area contributed by atoms with Crippen molar-refractivity contribution >= 4 is 0 Å². The molecule has 2 heteroatoms. The van der Waals surface area contributed by atoms with Gasteiger partial charge in [0.25, 0.3) is 0 Å². The highest BCUT2D eigenvalue weighted by molar-refractivity contribution is 4.96. The van der Waals surface area contributed by atoms with Gasteiger partial charge in [0.05, 0.1) is 5.60 Å². The Labute approximate surface area is 86.6 Å². The lowest BCUT2D eigenvalue weighted by atomic mass is 9.71. The standard InChI is InChI=1S/C12H21NO/c1-2-8-13-9-7-12(14)6-4-3-5-11(12)10-13/h2,11,14H,1,3-10H2. The predicted molar refractivity (Wildman–Crippen MR) is 58.2 cm³/mol. The SMILES string of the molecule is C=CCN1CCC2(O)CCCCC2C1. The molecule has 1 aliphatic carbocycles. The summed E-state index contributed by atoms with van der Waals surface area (Å²) in [7, 11) is 0. The van der Waals surface area contributed by atoms with E-state index in [0.29, 0.717) is 5.92 Å². The number of piperidine rings is 1. The number of rotatable bonds is 2. The number of hydrogen-bond acceptors (Lipinski definition) is 2. The average Bonchev–Trinajstić information content (AvgIpc) is 2.19. The summed E-state index contributed by atoms with van der Waals surface area (Å²) in [6.07, 6.45) is 7.69. The molecule has 1 N–H and O–H groups in total. The molecule has 0 spiro atoms. The van der Waals surface area contributed by atoms with Gasteiger partial charge in [-0.05, 0) is 19.3 Å². The molecular weight excluding hydrogens is 174 g/mol. The summed E-state index contributed by atoms with van der Waals surface area (Å²) in [6, 6.07) is 0. The zero-order valence-corrected chi connectivity index (χ0v) is 8.91. The van der Waals surface area contributed by atoms with Crippen molar-refractivity contribution in [1.82, 2.24) is 4.90 Å². The normalized spacial score (nSPS) is 39.1. The fourth-order valence-corrected chi connectivity index (χ4v) is 2.99. The van der Waals surface area contributed by atoms with Crippen molar-refractivity contribution in [3.63, 3.8) is 0 Å². The third-order valence-electron chi connectivity index (χ3n) is 3.90. The zero-order chi connectivity index (χ0) is 10.0. The Morgan fingerprint density at radius 1 is 1.43 bits per heavy atom. The topological polar surface area (TPSA) is 23.5 Å². The molecule has 2 fully saturated rings. The third-order valence-corrected chi connectivity index (χ3v) is 3.90. The first-order chi connectivity index (χ1) is 6.74. The van der Waals surface area contributed by atoms with Gasteiger partial charge in [-0.3, -0.25) is 4.90 Å². The monoisotopic (exact) mass is 195 g/mol. The lowest BCUT2D eigenvalue weighted by Gasteiger charge is -2.47. The van der Waals surface area contributed by atoms with Crippen molar-refractivity contribution in [1.29, 1.82) is 0 Å². The van der Waals surface area contributed by atoms with E-state index < -0.39 is 0 Å². The molecule has 0 radical (unpaired) electrons. The van der Waals surface area contributed by atoms with Crippen LogP contribution < -0.4 is 0 Å². The summed E-state index contributed by atoms with van der Waals surface area (Å²) in [4.78, 5) is 2.41. The summed E-state index contributed by atoms with van der Waals surface area (Å²) in [5.41, 5.74) is -0.323. The molecule has 2 aliphatic rings. The van der Waals surface area contributed by atoms with Crippen LogP contribution in [0.2, 0.25) is 0 Å². The quantitative estimate of drug-likeness (QED) is 0.679. The third kappa shape index (κ3) is 1.86. The van der Waals surface area contributed by atoms with Crippen LogP contribution in [0.4, 0.5) is 0 Å². The Morgan fingerprint density at radius 2 is 2.29 bits per heavy atom. The Kier molecular flexibility index (Phi) is 2.93. The second-order valence-corrected chi connectivity index (χ2v) is 4.84. The van der Waals surface area contributed by atoms with Gasteiger partial charge in [-0.25, -0.2) is 0 Å². The van der Waals surface area contributed by atoms with Gasteiger partial charge in [0.2, 0.25) is 0 Å². The van der Waals surface area contributed by atoms with Crippen LogP contribution >= 0.6 is 0 Å². The van der Waals surface area contributed by atoms with E-state index in [0.717, 1.165) is 32.5 Å². The van der Waals surface area contributed by atoms with Gasteiger partial charge in [-0.2, -0.15) is 0 Å². The van der Waals surface area contributed by atoms with Gasteiger partial charge in [0.1, 0.15) is 0 Å². The molecule has 0 aromatic carbocycles. The number of likely N-dealkylation sites (tertiary alicyclic amines) is 1. The van der Waals surface area contributed by atoms with Crippen molar-refractivity contribution in [3.8, 4) is 0 Å².